The van der Waals surface area contributed by atoms with Crippen LogP contribution in [0.1, 0.15) is 29.8 Å². The van der Waals surface area contributed by atoms with Crippen LogP contribution in [0.5, 0.6) is 11.5 Å². The van der Waals surface area contributed by atoms with Crippen molar-refractivity contribution in [2.45, 2.75) is 25.8 Å². The third-order valence-electron chi connectivity index (χ3n) is 5.00. The van der Waals surface area contributed by atoms with Crippen molar-refractivity contribution in [1.29, 1.82) is 0 Å². The van der Waals surface area contributed by atoms with E-state index in [1.807, 2.05) is 48.2 Å². The number of fused-ring (bicyclic) bond motifs is 1. The monoisotopic (exact) mass is 337 g/mol. The number of rotatable bonds is 4. The van der Waals surface area contributed by atoms with Crippen LogP contribution in [0.25, 0.3) is 0 Å². The summed E-state index contributed by atoms with van der Waals surface area (Å²) in [4.78, 5) is 15.2. The number of anilines is 1. The second kappa shape index (κ2) is 6.28. The predicted molar refractivity (Wildman–Crippen MR) is 99.7 cm³/mol. The quantitative estimate of drug-likeness (QED) is 0.783. The number of hydrogen-bond acceptors (Lipinski definition) is 3. The minimum atomic E-state index is -0.509. The van der Waals surface area contributed by atoms with Crippen molar-refractivity contribution in [3.8, 4) is 11.5 Å². The van der Waals surface area contributed by atoms with Gasteiger partial charge in [0.05, 0.1) is 19.8 Å². The molecule has 0 aliphatic carbocycles. The summed E-state index contributed by atoms with van der Waals surface area (Å²) in [5.74, 6) is 1.13. The minimum Gasteiger partial charge on any atom is -0.493 e. The number of hydrogen-bond donors (Lipinski definition) is 0. The molecule has 130 valence electrons. The normalized spacial score (nSPS) is 19.4. The Bertz CT molecular complexity index is 829. The van der Waals surface area contributed by atoms with Crippen molar-refractivity contribution < 1.29 is 14.3 Å². The molecule has 3 rings (SSSR count). The van der Waals surface area contributed by atoms with Gasteiger partial charge in [0.2, 0.25) is 0 Å². The Kier molecular flexibility index (Phi) is 4.29. The van der Waals surface area contributed by atoms with Gasteiger partial charge in [-0.2, -0.15) is 0 Å². The number of amides is 1. The maximum Gasteiger partial charge on any atom is 0.259 e. The average Bonchev–Trinajstić information content (AvgIpc) is 2.61. The summed E-state index contributed by atoms with van der Waals surface area (Å²) in [5.41, 5.74) is 2.87. The van der Waals surface area contributed by atoms with E-state index >= 15 is 0 Å². The van der Waals surface area contributed by atoms with Crippen LogP contribution in [0.2, 0.25) is 0 Å². The molecule has 1 amide bonds. The van der Waals surface area contributed by atoms with Gasteiger partial charge in [-0.15, -0.1) is 0 Å². The summed E-state index contributed by atoms with van der Waals surface area (Å²) in [6.45, 7) is 8.18. The largest absolute Gasteiger partial charge is 0.493 e. The van der Waals surface area contributed by atoms with Gasteiger partial charge in [-0.05, 0) is 43.7 Å². The SMILES string of the molecule is C=C(C)C1(C)Cc2cc(OC)c(OC)cc2C(=O)N1c1ccccc1. The molecule has 2 aromatic rings. The summed E-state index contributed by atoms with van der Waals surface area (Å²) in [6.07, 6.45) is 0.665. The van der Waals surface area contributed by atoms with Crippen molar-refractivity contribution in [2.24, 2.45) is 0 Å². The number of methoxy groups -OCH3 is 2. The van der Waals surface area contributed by atoms with Crippen LogP contribution in [0.4, 0.5) is 5.69 Å². The van der Waals surface area contributed by atoms with Crippen LogP contribution in [0, 0.1) is 0 Å². The summed E-state index contributed by atoms with van der Waals surface area (Å²) < 4.78 is 10.8. The molecule has 0 saturated carbocycles. The van der Waals surface area contributed by atoms with Crippen molar-refractivity contribution >= 4 is 11.6 Å². The highest BCUT2D eigenvalue weighted by Gasteiger charge is 2.43. The third kappa shape index (κ3) is 2.68. The van der Waals surface area contributed by atoms with Crippen molar-refractivity contribution in [3.63, 3.8) is 0 Å². The molecule has 0 radical (unpaired) electrons. The fourth-order valence-corrected chi connectivity index (χ4v) is 3.38. The van der Waals surface area contributed by atoms with Gasteiger partial charge >= 0.3 is 0 Å². The van der Waals surface area contributed by atoms with E-state index in [4.69, 9.17) is 9.47 Å². The van der Waals surface area contributed by atoms with Gasteiger partial charge < -0.3 is 9.47 Å². The molecule has 0 fully saturated rings. The Morgan fingerprint density at radius 2 is 1.72 bits per heavy atom. The van der Waals surface area contributed by atoms with Gasteiger partial charge in [-0.1, -0.05) is 30.4 Å². The predicted octanol–water partition coefficient (Wildman–Crippen LogP) is 4.24. The number of carbonyl (C=O) groups is 1. The molecule has 1 aliphatic heterocycles. The van der Waals surface area contributed by atoms with Gasteiger partial charge in [-0.3, -0.25) is 9.69 Å². The zero-order chi connectivity index (χ0) is 18.2. The fourth-order valence-electron chi connectivity index (χ4n) is 3.38. The molecule has 0 aromatic heterocycles. The summed E-state index contributed by atoms with van der Waals surface area (Å²) in [7, 11) is 3.17. The van der Waals surface area contributed by atoms with Crippen LogP contribution in [-0.4, -0.2) is 25.7 Å². The molecule has 0 N–H and O–H groups in total. The first-order valence-corrected chi connectivity index (χ1v) is 8.23. The van der Waals surface area contributed by atoms with Gasteiger partial charge in [0.15, 0.2) is 11.5 Å². The highest BCUT2D eigenvalue weighted by molar-refractivity contribution is 6.10. The van der Waals surface area contributed by atoms with E-state index in [9.17, 15) is 4.79 Å². The topological polar surface area (TPSA) is 38.8 Å². The molecule has 0 saturated heterocycles. The summed E-state index contributed by atoms with van der Waals surface area (Å²) in [5, 5.41) is 0. The maximum atomic E-state index is 13.4. The Labute approximate surface area is 148 Å². The van der Waals surface area contributed by atoms with E-state index in [0.29, 0.717) is 23.5 Å². The lowest BCUT2D eigenvalue weighted by molar-refractivity contribution is 0.0953. The Morgan fingerprint density at radius 3 is 2.28 bits per heavy atom. The molecule has 1 heterocycles. The van der Waals surface area contributed by atoms with E-state index in [1.54, 1.807) is 20.3 Å². The minimum absolute atomic E-state index is 0.0566. The van der Waals surface area contributed by atoms with Crippen LogP contribution in [-0.2, 0) is 6.42 Å². The highest BCUT2D eigenvalue weighted by Crippen LogP contribution is 2.42. The van der Waals surface area contributed by atoms with E-state index < -0.39 is 5.54 Å². The molecule has 2 aromatic carbocycles. The first kappa shape index (κ1) is 17.1. The smallest absolute Gasteiger partial charge is 0.259 e. The zero-order valence-corrected chi connectivity index (χ0v) is 15.1. The Hall–Kier alpha value is -2.75. The van der Waals surface area contributed by atoms with Gasteiger partial charge in [-0.25, -0.2) is 0 Å². The lowest BCUT2D eigenvalue weighted by atomic mass is 9.79. The van der Waals surface area contributed by atoms with Crippen molar-refractivity contribution in [1.82, 2.24) is 0 Å². The second-order valence-electron chi connectivity index (χ2n) is 6.57. The summed E-state index contributed by atoms with van der Waals surface area (Å²) in [6, 6.07) is 13.4. The Balaban J connectivity index is 2.22. The number of nitrogens with zero attached hydrogens (tertiary/aromatic N) is 1. The Morgan fingerprint density at radius 1 is 1.12 bits per heavy atom. The van der Waals surface area contributed by atoms with Gasteiger partial charge in [0.1, 0.15) is 0 Å². The number of ether oxygens (including phenoxy) is 2. The van der Waals surface area contributed by atoms with Crippen molar-refractivity contribution in [3.05, 3.63) is 65.7 Å². The lowest BCUT2D eigenvalue weighted by Gasteiger charge is -2.46. The van der Waals surface area contributed by atoms with Crippen LogP contribution >= 0.6 is 0 Å². The third-order valence-corrected chi connectivity index (χ3v) is 5.00. The fraction of sp³-hybridized carbons (Fsp3) is 0.286. The van der Waals surface area contributed by atoms with E-state index in [-0.39, 0.29) is 5.91 Å². The van der Waals surface area contributed by atoms with E-state index in [2.05, 4.69) is 13.5 Å². The molecular weight excluding hydrogens is 314 g/mol. The average molecular weight is 337 g/mol. The molecule has 0 spiro atoms. The lowest BCUT2D eigenvalue weighted by Crippen LogP contribution is -2.55. The first-order chi connectivity index (χ1) is 11.9. The van der Waals surface area contributed by atoms with E-state index in [0.717, 1.165) is 16.8 Å². The number of carbonyl (C=O) groups excluding carboxylic acids is 1. The van der Waals surface area contributed by atoms with Gasteiger partial charge in [0.25, 0.3) is 5.91 Å². The molecule has 1 aliphatic rings. The molecule has 4 heteroatoms. The number of para-hydroxylation sites is 1. The first-order valence-electron chi connectivity index (χ1n) is 8.23. The second-order valence-corrected chi connectivity index (χ2v) is 6.57. The number of benzene rings is 2. The molecular formula is C21H23NO3. The van der Waals surface area contributed by atoms with Crippen LogP contribution in [0.3, 0.4) is 0 Å². The summed E-state index contributed by atoms with van der Waals surface area (Å²) >= 11 is 0. The van der Waals surface area contributed by atoms with Crippen molar-refractivity contribution in [2.75, 3.05) is 19.1 Å². The maximum absolute atomic E-state index is 13.4. The van der Waals surface area contributed by atoms with E-state index in [1.165, 1.54) is 0 Å². The molecule has 1 atom stereocenters. The highest BCUT2D eigenvalue weighted by atomic mass is 16.5. The molecule has 0 bridgehead atoms. The molecule has 25 heavy (non-hydrogen) atoms. The zero-order valence-electron chi connectivity index (χ0n) is 15.1. The standard InChI is InChI=1S/C21H23NO3/c1-14(2)21(3)13-15-11-18(24-4)19(25-5)12-17(15)20(23)22(21)16-9-7-6-8-10-16/h6-12H,1,13H2,2-5H3. The van der Waals surface area contributed by atoms with Gasteiger partial charge in [0, 0.05) is 17.7 Å². The van der Waals surface area contributed by atoms with Crippen LogP contribution < -0.4 is 14.4 Å². The molecule has 4 nitrogen and oxygen atoms in total. The molecule has 1 unspecified atom stereocenters. The van der Waals surface area contributed by atoms with Crippen LogP contribution in [0.15, 0.2) is 54.6 Å².